The molecule has 2 N–H and O–H groups in total. The fourth-order valence-electron chi connectivity index (χ4n) is 3.48. The highest BCUT2D eigenvalue weighted by Gasteiger charge is 2.39. The van der Waals surface area contributed by atoms with Crippen molar-refractivity contribution in [1.82, 2.24) is 4.31 Å². The molecule has 8 heteroatoms. The van der Waals surface area contributed by atoms with Gasteiger partial charge in [-0.25, -0.2) is 8.42 Å². The van der Waals surface area contributed by atoms with E-state index in [0.717, 1.165) is 5.56 Å². The van der Waals surface area contributed by atoms with Gasteiger partial charge in [0.2, 0.25) is 16.8 Å². The Morgan fingerprint density at radius 1 is 1.08 bits per heavy atom. The topological polar surface area (TPSA) is 81.9 Å². The van der Waals surface area contributed by atoms with Crippen LogP contribution in [-0.2, 0) is 10.0 Å². The number of nitrogens with two attached hydrogens (primary N) is 1. The molecular weight excluding hydrogens is 376 g/mol. The summed E-state index contributed by atoms with van der Waals surface area (Å²) in [6.07, 6.45) is 0. The molecule has 1 fully saturated rings. The number of hydrogen-bond donors (Lipinski definition) is 1. The highest BCUT2D eigenvalue weighted by molar-refractivity contribution is 7.89. The zero-order valence-corrected chi connectivity index (χ0v) is 15.9. The van der Waals surface area contributed by atoms with Crippen molar-refractivity contribution in [1.29, 1.82) is 0 Å². The van der Waals surface area contributed by atoms with Gasteiger partial charge in [0.25, 0.3) is 0 Å². The molecule has 0 spiro atoms. The van der Waals surface area contributed by atoms with E-state index >= 15 is 0 Å². The van der Waals surface area contributed by atoms with E-state index in [1.165, 1.54) is 4.31 Å². The van der Waals surface area contributed by atoms with Crippen LogP contribution in [0.3, 0.4) is 0 Å². The first kappa shape index (κ1) is 19.0. The fourth-order valence-corrected chi connectivity index (χ4v) is 5.21. The van der Waals surface area contributed by atoms with Gasteiger partial charge in [0.15, 0.2) is 11.5 Å². The molecule has 2 heterocycles. The molecular formula is C18H21ClN2O4S. The summed E-state index contributed by atoms with van der Waals surface area (Å²) in [5.41, 5.74) is 7.96. The average Bonchev–Trinajstić information content (AvgIpc) is 3.21. The lowest BCUT2D eigenvalue weighted by Gasteiger charge is -2.18. The summed E-state index contributed by atoms with van der Waals surface area (Å²) in [6.45, 7) is 2.56. The largest absolute Gasteiger partial charge is 0.454 e. The van der Waals surface area contributed by atoms with Crippen molar-refractivity contribution in [2.24, 2.45) is 5.73 Å². The van der Waals surface area contributed by atoms with Crippen molar-refractivity contribution >= 4 is 22.4 Å². The Bertz CT molecular complexity index is 905. The van der Waals surface area contributed by atoms with Gasteiger partial charge < -0.3 is 15.2 Å². The second-order valence-electron chi connectivity index (χ2n) is 6.47. The second kappa shape index (κ2) is 7.08. The van der Waals surface area contributed by atoms with Crippen LogP contribution in [0.5, 0.6) is 11.5 Å². The SMILES string of the molecule is Cc1cc2c(cc1S(=O)(=O)N1C[C@@H](N)[C@H](c3ccccc3)C1)OCO2.Cl. The van der Waals surface area contributed by atoms with Gasteiger partial charge in [-0.15, -0.1) is 12.4 Å². The van der Waals surface area contributed by atoms with Crippen molar-refractivity contribution < 1.29 is 17.9 Å². The van der Waals surface area contributed by atoms with Crippen LogP contribution in [0.1, 0.15) is 17.0 Å². The summed E-state index contributed by atoms with van der Waals surface area (Å²) < 4.78 is 38.4. The van der Waals surface area contributed by atoms with E-state index in [2.05, 4.69) is 0 Å². The number of ether oxygens (including phenoxy) is 2. The number of rotatable bonds is 3. The van der Waals surface area contributed by atoms with Gasteiger partial charge in [0.05, 0.1) is 4.90 Å². The molecule has 2 atom stereocenters. The highest BCUT2D eigenvalue weighted by Crippen LogP contribution is 2.38. The molecule has 0 aliphatic carbocycles. The first-order valence-electron chi connectivity index (χ1n) is 8.18. The summed E-state index contributed by atoms with van der Waals surface area (Å²) >= 11 is 0. The lowest BCUT2D eigenvalue weighted by Crippen LogP contribution is -2.32. The standard InChI is InChI=1S/C18H20N2O4S.ClH/c1-12-7-16-17(24-11-23-16)8-18(12)25(21,22)20-9-14(15(19)10-20)13-5-3-2-4-6-13;/h2-8,14-15H,9-11,19H2,1H3;1H/t14-,15+;/m0./s1. The summed E-state index contributed by atoms with van der Waals surface area (Å²) in [6, 6.07) is 12.8. The van der Waals surface area contributed by atoms with E-state index < -0.39 is 10.0 Å². The van der Waals surface area contributed by atoms with Gasteiger partial charge in [0, 0.05) is 31.1 Å². The van der Waals surface area contributed by atoms with Gasteiger partial charge >= 0.3 is 0 Å². The van der Waals surface area contributed by atoms with Crippen LogP contribution in [-0.4, -0.2) is 38.6 Å². The van der Waals surface area contributed by atoms with E-state index in [9.17, 15) is 8.42 Å². The number of benzene rings is 2. The summed E-state index contributed by atoms with van der Waals surface area (Å²) in [5, 5.41) is 0. The summed E-state index contributed by atoms with van der Waals surface area (Å²) in [5.74, 6) is 1.04. The minimum absolute atomic E-state index is 0. The predicted octanol–water partition coefficient (Wildman–Crippen LogP) is 2.26. The quantitative estimate of drug-likeness (QED) is 0.860. The third-order valence-electron chi connectivity index (χ3n) is 4.85. The molecule has 0 amide bonds. The Hall–Kier alpha value is -1.80. The van der Waals surface area contributed by atoms with E-state index in [-0.39, 0.29) is 36.1 Å². The number of nitrogens with zero attached hydrogens (tertiary/aromatic N) is 1. The smallest absolute Gasteiger partial charge is 0.243 e. The van der Waals surface area contributed by atoms with E-state index in [0.29, 0.717) is 30.2 Å². The van der Waals surface area contributed by atoms with Crippen molar-refractivity contribution in [3.05, 3.63) is 53.6 Å². The zero-order valence-electron chi connectivity index (χ0n) is 14.3. The Kier molecular flexibility index (Phi) is 5.16. The first-order valence-corrected chi connectivity index (χ1v) is 9.62. The Balaban J connectivity index is 0.00000196. The van der Waals surface area contributed by atoms with Crippen LogP contribution >= 0.6 is 12.4 Å². The van der Waals surface area contributed by atoms with Crippen LogP contribution in [0.15, 0.2) is 47.4 Å². The molecule has 0 radical (unpaired) electrons. The molecule has 6 nitrogen and oxygen atoms in total. The lowest BCUT2D eigenvalue weighted by molar-refractivity contribution is 0.174. The summed E-state index contributed by atoms with van der Waals surface area (Å²) in [4.78, 5) is 0.248. The van der Waals surface area contributed by atoms with Crippen LogP contribution in [0.4, 0.5) is 0 Å². The third-order valence-corrected chi connectivity index (χ3v) is 6.82. The molecule has 26 heavy (non-hydrogen) atoms. The van der Waals surface area contributed by atoms with Crippen LogP contribution in [0.2, 0.25) is 0 Å². The van der Waals surface area contributed by atoms with Gasteiger partial charge in [-0.2, -0.15) is 4.31 Å². The monoisotopic (exact) mass is 396 g/mol. The lowest BCUT2D eigenvalue weighted by atomic mass is 9.95. The number of halogens is 1. The molecule has 2 aromatic carbocycles. The number of hydrogen-bond acceptors (Lipinski definition) is 5. The molecule has 0 saturated carbocycles. The van der Waals surface area contributed by atoms with Gasteiger partial charge in [-0.1, -0.05) is 30.3 Å². The molecule has 140 valence electrons. The Morgan fingerprint density at radius 3 is 2.42 bits per heavy atom. The zero-order chi connectivity index (χ0) is 17.6. The van der Waals surface area contributed by atoms with Crippen molar-refractivity contribution in [2.45, 2.75) is 23.8 Å². The maximum Gasteiger partial charge on any atom is 0.243 e. The predicted molar refractivity (Wildman–Crippen MR) is 100 cm³/mol. The molecule has 0 aromatic heterocycles. The van der Waals surface area contributed by atoms with Gasteiger partial charge in [0.1, 0.15) is 0 Å². The van der Waals surface area contributed by atoms with Crippen LogP contribution in [0, 0.1) is 6.92 Å². The molecule has 2 aliphatic rings. The van der Waals surface area contributed by atoms with Gasteiger partial charge in [-0.3, -0.25) is 0 Å². The highest BCUT2D eigenvalue weighted by atomic mass is 35.5. The van der Waals surface area contributed by atoms with E-state index in [1.807, 2.05) is 30.3 Å². The second-order valence-corrected chi connectivity index (χ2v) is 8.38. The molecule has 2 aliphatic heterocycles. The minimum Gasteiger partial charge on any atom is -0.454 e. The van der Waals surface area contributed by atoms with Crippen molar-refractivity contribution in [3.8, 4) is 11.5 Å². The minimum atomic E-state index is -3.65. The number of sulfonamides is 1. The van der Waals surface area contributed by atoms with E-state index in [4.69, 9.17) is 15.2 Å². The van der Waals surface area contributed by atoms with Crippen molar-refractivity contribution in [2.75, 3.05) is 19.9 Å². The molecule has 1 saturated heterocycles. The maximum atomic E-state index is 13.2. The van der Waals surface area contributed by atoms with Crippen molar-refractivity contribution in [3.63, 3.8) is 0 Å². The molecule has 0 bridgehead atoms. The number of aryl methyl sites for hydroxylation is 1. The maximum absolute atomic E-state index is 13.2. The number of fused-ring (bicyclic) bond motifs is 1. The molecule has 0 unspecified atom stereocenters. The summed E-state index contributed by atoms with van der Waals surface area (Å²) in [7, 11) is -3.65. The first-order chi connectivity index (χ1) is 12.0. The fraction of sp³-hybridized carbons (Fsp3) is 0.333. The Labute approximate surface area is 159 Å². The van der Waals surface area contributed by atoms with E-state index in [1.54, 1.807) is 19.1 Å². The normalized spacial score (nSPS) is 22.2. The molecule has 2 aromatic rings. The Morgan fingerprint density at radius 2 is 1.73 bits per heavy atom. The third kappa shape index (κ3) is 3.16. The van der Waals surface area contributed by atoms with Crippen LogP contribution < -0.4 is 15.2 Å². The molecule has 4 rings (SSSR count). The van der Waals surface area contributed by atoms with Crippen LogP contribution in [0.25, 0.3) is 0 Å². The van der Waals surface area contributed by atoms with Gasteiger partial charge in [-0.05, 0) is 24.1 Å². The average molecular weight is 397 g/mol.